The fourth-order valence-electron chi connectivity index (χ4n) is 2.70. The van der Waals surface area contributed by atoms with Crippen LogP contribution >= 0.6 is 0 Å². The number of rotatable bonds is 8. The quantitative estimate of drug-likeness (QED) is 0.606. The van der Waals surface area contributed by atoms with E-state index in [0.29, 0.717) is 41.5 Å². The number of aromatic nitrogens is 2. The summed E-state index contributed by atoms with van der Waals surface area (Å²) < 4.78 is 24.1. The lowest BCUT2D eigenvalue weighted by molar-refractivity contribution is 0.102. The number of hydrogen-bond donors (Lipinski definition) is 2. The lowest BCUT2D eigenvalue weighted by Crippen LogP contribution is -2.16. The van der Waals surface area contributed by atoms with Crippen molar-refractivity contribution in [3.63, 3.8) is 0 Å². The van der Waals surface area contributed by atoms with Crippen molar-refractivity contribution < 1.29 is 18.7 Å². The maximum atomic E-state index is 13.7. The van der Waals surface area contributed by atoms with Gasteiger partial charge in [-0.25, -0.2) is 14.4 Å². The van der Waals surface area contributed by atoms with Crippen LogP contribution in [0.4, 0.5) is 15.9 Å². The van der Waals surface area contributed by atoms with Gasteiger partial charge < -0.3 is 20.1 Å². The summed E-state index contributed by atoms with van der Waals surface area (Å²) in [5.74, 6) is 0.884. The number of nitrogens with zero attached hydrogens (tertiary/aromatic N) is 2. The first-order valence-corrected chi connectivity index (χ1v) is 8.93. The van der Waals surface area contributed by atoms with E-state index in [1.54, 1.807) is 36.4 Å². The average molecular weight is 396 g/mol. The molecule has 3 aromatic rings. The smallest absolute Gasteiger partial charge is 0.274 e. The Kier molecular flexibility index (Phi) is 6.57. The molecule has 7 nitrogen and oxygen atoms in total. The van der Waals surface area contributed by atoms with Crippen LogP contribution < -0.4 is 20.1 Å². The number of halogens is 1. The maximum absolute atomic E-state index is 13.7. The van der Waals surface area contributed by atoms with Gasteiger partial charge in [-0.2, -0.15) is 0 Å². The van der Waals surface area contributed by atoms with Gasteiger partial charge in [0.15, 0.2) is 0 Å². The van der Waals surface area contributed by atoms with Gasteiger partial charge in [0, 0.05) is 18.7 Å². The molecular formula is C21H21FN4O3. The number of amides is 1. The molecule has 0 fully saturated rings. The van der Waals surface area contributed by atoms with Gasteiger partial charge in [0.05, 0.1) is 19.9 Å². The number of carbonyl (C=O) groups excluding carboxylic acids is 1. The average Bonchev–Trinajstić information content (AvgIpc) is 2.75. The third kappa shape index (κ3) is 5.19. The minimum Gasteiger partial charge on any atom is -0.497 e. The molecule has 0 atom stereocenters. The Balaban J connectivity index is 1.66. The summed E-state index contributed by atoms with van der Waals surface area (Å²) in [6.07, 6.45) is 1.78. The first-order valence-electron chi connectivity index (χ1n) is 8.93. The maximum Gasteiger partial charge on any atom is 0.274 e. The van der Waals surface area contributed by atoms with E-state index in [2.05, 4.69) is 20.6 Å². The molecule has 29 heavy (non-hydrogen) atoms. The van der Waals surface area contributed by atoms with Crippen molar-refractivity contribution in [3.05, 3.63) is 71.9 Å². The van der Waals surface area contributed by atoms with Gasteiger partial charge >= 0.3 is 0 Å². The molecule has 150 valence electrons. The number of ether oxygens (including phenoxy) is 2. The van der Waals surface area contributed by atoms with Crippen molar-refractivity contribution in [1.29, 1.82) is 0 Å². The highest BCUT2D eigenvalue weighted by Gasteiger charge is 2.13. The molecule has 0 radical (unpaired) electrons. The number of hydrogen-bond acceptors (Lipinski definition) is 6. The van der Waals surface area contributed by atoms with Crippen molar-refractivity contribution in [3.8, 4) is 11.5 Å². The molecule has 2 N–H and O–H groups in total. The van der Waals surface area contributed by atoms with Crippen molar-refractivity contribution >= 4 is 17.4 Å². The summed E-state index contributed by atoms with van der Waals surface area (Å²) in [5.41, 5.74) is 1.25. The number of methoxy groups -OCH3 is 2. The van der Waals surface area contributed by atoms with Gasteiger partial charge in [0.25, 0.3) is 5.91 Å². The molecule has 0 aliphatic heterocycles. The van der Waals surface area contributed by atoms with Gasteiger partial charge in [-0.3, -0.25) is 4.79 Å². The SMILES string of the molecule is COc1ccc(OC)c(NC(=O)c2cc(NCCc3ccccc3F)ncn2)c1. The lowest BCUT2D eigenvalue weighted by atomic mass is 10.1. The zero-order chi connectivity index (χ0) is 20.6. The minimum atomic E-state index is -0.420. The standard InChI is InChI=1S/C21H21FN4O3/c1-28-15-7-8-19(29-2)17(11-15)26-21(27)18-12-20(25-13-24-18)23-10-9-14-5-3-4-6-16(14)22/h3-8,11-13H,9-10H2,1-2H3,(H,26,27)(H,23,24,25). The van der Waals surface area contributed by atoms with Crippen molar-refractivity contribution in [2.45, 2.75) is 6.42 Å². The molecule has 0 spiro atoms. The van der Waals surface area contributed by atoms with Crippen LogP contribution in [0.25, 0.3) is 0 Å². The van der Waals surface area contributed by atoms with Gasteiger partial charge in [-0.05, 0) is 30.2 Å². The largest absolute Gasteiger partial charge is 0.497 e. The second-order valence-electron chi connectivity index (χ2n) is 6.08. The monoisotopic (exact) mass is 396 g/mol. The molecule has 3 rings (SSSR count). The van der Waals surface area contributed by atoms with Crippen LogP contribution in [0.15, 0.2) is 54.9 Å². The molecule has 2 aromatic carbocycles. The third-order valence-electron chi connectivity index (χ3n) is 4.21. The van der Waals surface area contributed by atoms with E-state index in [1.807, 2.05) is 0 Å². The Bertz CT molecular complexity index is 997. The fourth-order valence-corrected chi connectivity index (χ4v) is 2.70. The second-order valence-corrected chi connectivity index (χ2v) is 6.08. The zero-order valence-corrected chi connectivity index (χ0v) is 16.1. The predicted octanol–water partition coefficient (Wildman–Crippen LogP) is 3.54. The van der Waals surface area contributed by atoms with Crippen molar-refractivity contribution in [2.75, 3.05) is 31.4 Å². The van der Waals surface area contributed by atoms with Crippen LogP contribution in [-0.2, 0) is 6.42 Å². The number of anilines is 2. The Morgan fingerprint density at radius 2 is 1.90 bits per heavy atom. The first-order chi connectivity index (χ1) is 14.1. The van der Waals surface area contributed by atoms with E-state index in [4.69, 9.17) is 9.47 Å². The Labute approximate surface area is 167 Å². The van der Waals surface area contributed by atoms with Crippen LogP contribution in [-0.4, -0.2) is 36.6 Å². The summed E-state index contributed by atoms with van der Waals surface area (Å²) >= 11 is 0. The summed E-state index contributed by atoms with van der Waals surface area (Å²) in [4.78, 5) is 20.7. The first kappa shape index (κ1) is 20.1. The van der Waals surface area contributed by atoms with E-state index in [0.717, 1.165) is 0 Å². The molecule has 0 saturated carbocycles. The number of benzene rings is 2. The molecular weight excluding hydrogens is 375 g/mol. The van der Waals surface area contributed by atoms with Gasteiger partial charge in [-0.15, -0.1) is 0 Å². The van der Waals surface area contributed by atoms with Gasteiger partial charge in [0.2, 0.25) is 0 Å². The van der Waals surface area contributed by atoms with E-state index in [9.17, 15) is 9.18 Å². The predicted molar refractivity (Wildman–Crippen MR) is 108 cm³/mol. The fraction of sp³-hybridized carbons (Fsp3) is 0.190. The summed E-state index contributed by atoms with van der Waals surface area (Å²) in [7, 11) is 3.05. The van der Waals surface area contributed by atoms with E-state index in [1.165, 1.54) is 32.7 Å². The van der Waals surface area contributed by atoms with E-state index in [-0.39, 0.29) is 11.5 Å². The Hall–Kier alpha value is -3.68. The third-order valence-corrected chi connectivity index (χ3v) is 4.21. The molecule has 0 aliphatic rings. The van der Waals surface area contributed by atoms with Gasteiger partial charge in [-0.1, -0.05) is 18.2 Å². The Morgan fingerprint density at radius 1 is 1.07 bits per heavy atom. The molecule has 0 unspecified atom stereocenters. The highest BCUT2D eigenvalue weighted by atomic mass is 19.1. The zero-order valence-electron chi connectivity index (χ0n) is 16.1. The minimum absolute atomic E-state index is 0.179. The molecule has 1 amide bonds. The van der Waals surface area contributed by atoms with Gasteiger partial charge in [0.1, 0.15) is 35.2 Å². The second kappa shape index (κ2) is 9.50. The highest BCUT2D eigenvalue weighted by Crippen LogP contribution is 2.29. The Morgan fingerprint density at radius 3 is 2.66 bits per heavy atom. The van der Waals surface area contributed by atoms with Crippen LogP contribution in [0, 0.1) is 5.82 Å². The number of carbonyl (C=O) groups is 1. The normalized spacial score (nSPS) is 10.3. The molecule has 0 saturated heterocycles. The number of nitrogens with one attached hydrogen (secondary N) is 2. The molecule has 8 heteroatoms. The molecule has 0 bridgehead atoms. The van der Waals surface area contributed by atoms with Crippen LogP contribution in [0.2, 0.25) is 0 Å². The topological polar surface area (TPSA) is 85.4 Å². The van der Waals surface area contributed by atoms with Crippen molar-refractivity contribution in [1.82, 2.24) is 9.97 Å². The molecule has 0 aliphatic carbocycles. The lowest BCUT2D eigenvalue weighted by Gasteiger charge is -2.12. The van der Waals surface area contributed by atoms with Crippen molar-refractivity contribution in [2.24, 2.45) is 0 Å². The summed E-state index contributed by atoms with van der Waals surface area (Å²) in [6, 6.07) is 13.2. The molecule has 1 heterocycles. The van der Waals surface area contributed by atoms with E-state index < -0.39 is 5.91 Å². The summed E-state index contributed by atoms with van der Waals surface area (Å²) in [5, 5.41) is 5.84. The summed E-state index contributed by atoms with van der Waals surface area (Å²) in [6.45, 7) is 0.461. The van der Waals surface area contributed by atoms with Crippen LogP contribution in [0.3, 0.4) is 0 Å². The van der Waals surface area contributed by atoms with E-state index >= 15 is 0 Å². The molecule has 1 aromatic heterocycles. The highest BCUT2D eigenvalue weighted by molar-refractivity contribution is 6.04. The van der Waals surface area contributed by atoms with Crippen LogP contribution in [0.1, 0.15) is 16.1 Å². The van der Waals surface area contributed by atoms with Crippen LogP contribution in [0.5, 0.6) is 11.5 Å².